The van der Waals surface area contributed by atoms with E-state index in [4.69, 9.17) is 14.2 Å². The van der Waals surface area contributed by atoms with Gasteiger partial charge in [0.1, 0.15) is 24.1 Å². The van der Waals surface area contributed by atoms with Crippen LogP contribution in [-0.2, 0) is 26.1 Å². The van der Waals surface area contributed by atoms with Gasteiger partial charge < -0.3 is 24.6 Å². The average Bonchev–Trinajstić information content (AvgIpc) is 3.23. The van der Waals surface area contributed by atoms with Gasteiger partial charge in [0, 0.05) is 24.1 Å². The van der Waals surface area contributed by atoms with Crippen molar-refractivity contribution in [1.29, 1.82) is 0 Å². The maximum absolute atomic E-state index is 12.6. The molecule has 3 aromatic carbocycles. The summed E-state index contributed by atoms with van der Waals surface area (Å²) in [5.74, 6) is -1.68. The number of carboxylic acids is 1. The van der Waals surface area contributed by atoms with Crippen LogP contribution in [0.25, 0.3) is 11.1 Å². The second-order valence-electron chi connectivity index (χ2n) is 8.64. The van der Waals surface area contributed by atoms with Crippen LogP contribution in [0.2, 0.25) is 0 Å². The van der Waals surface area contributed by atoms with Gasteiger partial charge >= 0.3 is 12.1 Å². The van der Waals surface area contributed by atoms with Crippen LogP contribution in [0.4, 0.5) is 4.79 Å². The lowest BCUT2D eigenvalue weighted by atomic mass is 9.98. The molecule has 0 aliphatic heterocycles. The second kappa shape index (κ2) is 11.5. The summed E-state index contributed by atoms with van der Waals surface area (Å²) in [6, 6.07) is 18.7. The predicted octanol–water partition coefficient (Wildman–Crippen LogP) is 3.12. The minimum absolute atomic E-state index is 0.0333. The Bertz CT molecular complexity index is 1390. The van der Waals surface area contributed by atoms with E-state index in [0.29, 0.717) is 17.1 Å². The van der Waals surface area contributed by atoms with E-state index in [9.17, 15) is 23.1 Å². The molecule has 1 aliphatic rings. The number of carbonyl (C=O) groups excluding carboxylic acids is 1. The first-order valence-electron chi connectivity index (χ1n) is 11.7. The lowest BCUT2D eigenvalue weighted by Crippen LogP contribution is -2.47. The number of nitrogens with one attached hydrogen (secondary N) is 2. The third-order valence-corrected chi connectivity index (χ3v) is 7.65. The smallest absolute Gasteiger partial charge is 0.407 e. The fourth-order valence-electron chi connectivity index (χ4n) is 4.42. The molecule has 0 aromatic heterocycles. The minimum Gasteiger partial charge on any atom is -0.497 e. The van der Waals surface area contributed by atoms with Gasteiger partial charge in [0.2, 0.25) is 10.0 Å². The summed E-state index contributed by atoms with van der Waals surface area (Å²) >= 11 is 0. The zero-order valence-corrected chi connectivity index (χ0v) is 21.7. The summed E-state index contributed by atoms with van der Waals surface area (Å²) in [4.78, 5) is 24.3. The van der Waals surface area contributed by atoms with Gasteiger partial charge in [-0.05, 0) is 28.3 Å². The van der Waals surface area contributed by atoms with E-state index < -0.39 is 33.9 Å². The number of benzene rings is 3. The monoisotopic (exact) mass is 540 g/mol. The molecule has 0 bridgehead atoms. The highest BCUT2D eigenvalue weighted by atomic mass is 32.2. The summed E-state index contributed by atoms with van der Waals surface area (Å²) in [7, 11) is -1.18. The number of methoxy groups -OCH3 is 2. The van der Waals surface area contributed by atoms with Crippen LogP contribution in [0.3, 0.4) is 0 Å². The number of rotatable bonds is 11. The molecule has 4 rings (SSSR count). The molecule has 200 valence electrons. The second-order valence-corrected chi connectivity index (χ2v) is 10.5. The topological polar surface area (TPSA) is 140 Å². The van der Waals surface area contributed by atoms with E-state index in [1.807, 2.05) is 48.5 Å². The predicted molar refractivity (Wildman–Crippen MR) is 140 cm³/mol. The summed E-state index contributed by atoms with van der Waals surface area (Å²) in [5, 5.41) is 11.7. The van der Waals surface area contributed by atoms with Crippen LogP contribution in [0, 0.1) is 0 Å². The first kappa shape index (κ1) is 27.0. The Morgan fingerprint density at radius 3 is 2.16 bits per heavy atom. The molecule has 0 unspecified atom stereocenters. The van der Waals surface area contributed by atoms with Crippen LogP contribution < -0.4 is 19.5 Å². The van der Waals surface area contributed by atoms with E-state index in [2.05, 4.69) is 10.0 Å². The van der Waals surface area contributed by atoms with Crippen molar-refractivity contribution >= 4 is 22.1 Å². The molecule has 1 atom stereocenters. The minimum atomic E-state index is -4.11. The Balaban J connectivity index is 1.37. The van der Waals surface area contributed by atoms with E-state index in [1.165, 1.54) is 14.2 Å². The molecule has 0 saturated carbocycles. The highest BCUT2D eigenvalue weighted by Crippen LogP contribution is 2.44. The number of sulfonamides is 1. The van der Waals surface area contributed by atoms with Crippen molar-refractivity contribution in [3.05, 3.63) is 83.4 Å². The Hall–Kier alpha value is -4.09. The van der Waals surface area contributed by atoms with Gasteiger partial charge in [-0.25, -0.2) is 22.7 Å². The molecule has 0 fully saturated rings. The van der Waals surface area contributed by atoms with Crippen LogP contribution in [0.1, 0.15) is 22.6 Å². The van der Waals surface area contributed by atoms with Crippen molar-refractivity contribution in [1.82, 2.24) is 10.0 Å². The molecule has 1 aliphatic carbocycles. The van der Waals surface area contributed by atoms with Gasteiger partial charge in [-0.3, -0.25) is 0 Å². The standard InChI is InChI=1S/C27H28N2O8S/c1-35-18-12-11-17(25(13-18)36-2)14-28-38(33,34)16-24(26(30)31)29-27(32)37-15-23-21-9-5-3-7-19(21)20-8-4-6-10-22(20)23/h3-13,23-24,28H,14-16H2,1-2H3,(H,29,32)(H,30,31)/t24-/m0/s1. The average molecular weight is 541 g/mol. The van der Waals surface area contributed by atoms with Gasteiger partial charge in [-0.15, -0.1) is 0 Å². The fourth-order valence-corrected chi connectivity index (χ4v) is 5.58. The molecule has 0 saturated heterocycles. The molecular formula is C27H28N2O8S. The number of hydrogen-bond donors (Lipinski definition) is 3. The zero-order valence-electron chi connectivity index (χ0n) is 20.8. The van der Waals surface area contributed by atoms with E-state index in [0.717, 1.165) is 22.3 Å². The van der Waals surface area contributed by atoms with Crippen LogP contribution >= 0.6 is 0 Å². The molecule has 3 aromatic rings. The highest BCUT2D eigenvalue weighted by Gasteiger charge is 2.31. The third kappa shape index (κ3) is 6.06. The van der Waals surface area contributed by atoms with E-state index in [-0.39, 0.29) is 19.1 Å². The number of ether oxygens (including phenoxy) is 3. The molecule has 0 radical (unpaired) electrons. The summed E-state index contributed by atoms with van der Waals surface area (Å²) in [6.07, 6.45) is -1.02. The van der Waals surface area contributed by atoms with Gasteiger partial charge in [-0.1, -0.05) is 54.6 Å². The van der Waals surface area contributed by atoms with Crippen molar-refractivity contribution in [3.8, 4) is 22.6 Å². The van der Waals surface area contributed by atoms with Crippen molar-refractivity contribution in [2.45, 2.75) is 18.5 Å². The molecular weight excluding hydrogens is 512 g/mol. The number of fused-ring (bicyclic) bond motifs is 3. The van der Waals surface area contributed by atoms with Gasteiger partial charge in [0.05, 0.1) is 20.0 Å². The van der Waals surface area contributed by atoms with E-state index >= 15 is 0 Å². The molecule has 11 heteroatoms. The van der Waals surface area contributed by atoms with Gasteiger partial charge in [0.15, 0.2) is 0 Å². The molecule has 0 heterocycles. The quantitative estimate of drug-likeness (QED) is 0.337. The summed E-state index contributed by atoms with van der Waals surface area (Å²) in [5.41, 5.74) is 4.61. The van der Waals surface area contributed by atoms with Crippen LogP contribution in [-0.4, -0.2) is 58.2 Å². The Morgan fingerprint density at radius 2 is 1.58 bits per heavy atom. The largest absolute Gasteiger partial charge is 0.497 e. The molecule has 1 amide bonds. The first-order valence-corrected chi connectivity index (χ1v) is 13.4. The summed E-state index contributed by atoms with van der Waals surface area (Å²) < 4.78 is 43.3. The van der Waals surface area contributed by atoms with Gasteiger partial charge in [0.25, 0.3) is 0 Å². The molecule has 38 heavy (non-hydrogen) atoms. The Morgan fingerprint density at radius 1 is 0.947 bits per heavy atom. The van der Waals surface area contributed by atoms with E-state index in [1.54, 1.807) is 18.2 Å². The number of carbonyl (C=O) groups is 2. The summed E-state index contributed by atoms with van der Waals surface area (Å²) in [6.45, 7) is -0.179. The Labute approximate surface area is 220 Å². The van der Waals surface area contributed by atoms with Crippen LogP contribution in [0.15, 0.2) is 66.7 Å². The van der Waals surface area contributed by atoms with Crippen molar-refractivity contribution in [2.24, 2.45) is 0 Å². The van der Waals surface area contributed by atoms with Crippen molar-refractivity contribution in [2.75, 3.05) is 26.6 Å². The molecule has 10 nitrogen and oxygen atoms in total. The fraction of sp³-hybridized carbons (Fsp3) is 0.259. The molecule has 0 spiro atoms. The SMILES string of the molecule is COc1ccc(CNS(=O)(=O)C[C@H](NC(=O)OCC2c3ccccc3-c3ccccc32)C(=O)O)c(OC)c1. The normalized spacial score (nSPS) is 13.2. The number of hydrogen-bond acceptors (Lipinski definition) is 7. The number of amides is 1. The lowest BCUT2D eigenvalue weighted by molar-refractivity contribution is -0.138. The lowest BCUT2D eigenvalue weighted by Gasteiger charge is -2.18. The maximum atomic E-state index is 12.6. The van der Waals surface area contributed by atoms with Crippen molar-refractivity contribution in [3.63, 3.8) is 0 Å². The maximum Gasteiger partial charge on any atom is 0.407 e. The first-order chi connectivity index (χ1) is 18.2. The zero-order chi connectivity index (χ0) is 27.3. The number of aliphatic carboxylic acids is 1. The Kier molecular flexibility index (Phi) is 8.18. The van der Waals surface area contributed by atoms with Gasteiger partial charge in [-0.2, -0.15) is 0 Å². The van der Waals surface area contributed by atoms with Crippen LogP contribution in [0.5, 0.6) is 11.5 Å². The molecule has 3 N–H and O–H groups in total. The number of alkyl carbamates (subject to hydrolysis) is 1. The highest BCUT2D eigenvalue weighted by molar-refractivity contribution is 7.89. The third-order valence-electron chi connectivity index (χ3n) is 6.30. The van der Waals surface area contributed by atoms with Crippen molar-refractivity contribution < 1.29 is 37.3 Å². The number of carboxylic acid groups (broad SMARTS) is 1.